The lowest BCUT2D eigenvalue weighted by molar-refractivity contribution is 0.445. The monoisotopic (exact) mass is 437 g/mol. The third-order valence-electron chi connectivity index (χ3n) is 5.90. The fourth-order valence-corrected chi connectivity index (χ4v) is 4.25. The Morgan fingerprint density at radius 2 is 1.90 bits per heavy atom. The van der Waals surface area contributed by atoms with E-state index in [0.29, 0.717) is 22.7 Å². The minimum atomic E-state index is 0.00208. The zero-order valence-electron chi connectivity index (χ0n) is 18.9. The minimum Gasteiger partial charge on any atom is -0.508 e. The smallest absolute Gasteiger partial charge is 0.128 e. The van der Waals surface area contributed by atoms with Gasteiger partial charge in [0.15, 0.2) is 0 Å². The van der Waals surface area contributed by atoms with Gasteiger partial charge in [-0.3, -0.25) is 5.43 Å². The van der Waals surface area contributed by atoms with E-state index in [9.17, 15) is 10.2 Å². The van der Waals surface area contributed by atoms with Gasteiger partial charge in [0.2, 0.25) is 0 Å². The van der Waals surface area contributed by atoms with Gasteiger partial charge < -0.3 is 14.8 Å². The highest BCUT2D eigenvalue weighted by atomic mass is 32.1. The van der Waals surface area contributed by atoms with Gasteiger partial charge in [0, 0.05) is 41.7 Å². The molecule has 0 spiro atoms. The van der Waals surface area contributed by atoms with Crippen LogP contribution < -0.4 is 5.43 Å². The number of hydrogen-bond acceptors (Lipinski definition) is 4. The van der Waals surface area contributed by atoms with Crippen molar-refractivity contribution in [2.45, 2.75) is 47.0 Å². The summed E-state index contributed by atoms with van der Waals surface area (Å²) in [4.78, 5) is 0.681. The molecule has 3 rings (SSSR count). The molecular formula is C25H31N3O2S. The van der Waals surface area contributed by atoms with E-state index in [0.717, 1.165) is 18.4 Å². The van der Waals surface area contributed by atoms with Gasteiger partial charge in [-0.15, -0.1) is 0 Å². The van der Waals surface area contributed by atoms with E-state index in [2.05, 4.69) is 60.4 Å². The fourth-order valence-electron chi connectivity index (χ4n) is 3.96. The Hall–Kier alpha value is -2.86. The molecule has 0 fully saturated rings. The minimum absolute atomic E-state index is 0.00208. The number of nitrogens with one attached hydrogen (secondary N) is 1. The zero-order valence-corrected chi connectivity index (χ0v) is 19.7. The SMILES string of the molecule is CCc1cc(C(C)=NNC(=S)C(CC)Cc2ccc3c(c2)c(C)cn3C)c(O)cc1O. The van der Waals surface area contributed by atoms with Crippen LogP contribution in [0, 0.1) is 12.8 Å². The van der Waals surface area contributed by atoms with Crippen LogP contribution in [0.3, 0.4) is 0 Å². The van der Waals surface area contributed by atoms with Crippen molar-refractivity contribution in [1.29, 1.82) is 0 Å². The number of aromatic hydroxyl groups is 2. The van der Waals surface area contributed by atoms with Gasteiger partial charge in [-0.2, -0.15) is 5.10 Å². The molecule has 6 heteroatoms. The quantitative estimate of drug-likeness (QED) is 0.264. The Kier molecular flexibility index (Phi) is 7.01. The molecule has 0 aliphatic heterocycles. The summed E-state index contributed by atoms with van der Waals surface area (Å²) in [6, 6.07) is 9.72. The zero-order chi connectivity index (χ0) is 22.7. The van der Waals surface area contributed by atoms with Gasteiger partial charge in [-0.1, -0.05) is 32.1 Å². The van der Waals surface area contributed by atoms with E-state index in [1.165, 1.54) is 28.1 Å². The average molecular weight is 438 g/mol. The van der Waals surface area contributed by atoms with Gasteiger partial charge in [-0.25, -0.2) is 0 Å². The molecule has 0 saturated heterocycles. The van der Waals surface area contributed by atoms with Crippen LogP contribution >= 0.6 is 12.2 Å². The highest BCUT2D eigenvalue weighted by Crippen LogP contribution is 2.28. The van der Waals surface area contributed by atoms with Crippen molar-refractivity contribution >= 4 is 33.8 Å². The summed E-state index contributed by atoms with van der Waals surface area (Å²) in [5.74, 6) is 0.256. The first kappa shape index (κ1) is 22.8. The molecule has 3 N–H and O–H groups in total. The van der Waals surface area contributed by atoms with Crippen molar-refractivity contribution in [2.24, 2.45) is 18.1 Å². The number of benzene rings is 2. The van der Waals surface area contributed by atoms with Gasteiger partial charge in [0.1, 0.15) is 11.5 Å². The lowest BCUT2D eigenvalue weighted by Gasteiger charge is -2.17. The summed E-state index contributed by atoms with van der Waals surface area (Å²) in [6.45, 7) is 8.03. The molecule has 0 radical (unpaired) electrons. The third kappa shape index (κ3) is 4.90. The number of rotatable bonds is 7. The Morgan fingerprint density at radius 3 is 2.58 bits per heavy atom. The predicted molar refractivity (Wildman–Crippen MR) is 132 cm³/mol. The summed E-state index contributed by atoms with van der Waals surface area (Å²) in [6.07, 6.45) is 4.56. The number of fused-ring (bicyclic) bond motifs is 1. The number of thiocarbonyl (C=S) groups is 1. The molecule has 1 heterocycles. The first-order chi connectivity index (χ1) is 14.7. The summed E-state index contributed by atoms with van der Waals surface area (Å²) in [7, 11) is 2.07. The highest BCUT2D eigenvalue weighted by Gasteiger charge is 2.15. The van der Waals surface area contributed by atoms with Gasteiger partial charge >= 0.3 is 0 Å². The van der Waals surface area contributed by atoms with Crippen LogP contribution in [0.25, 0.3) is 10.9 Å². The molecule has 2 aromatic carbocycles. The Bertz CT molecular complexity index is 1150. The number of hydrazone groups is 1. The maximum atomic E-state index is 10.2. The highest BCUT2D eigenvalue weighted by molar-refractivity contribution is 7.80. The van der Waals surface area contributed by atoms with E-state index in [4.69, 9.17) is 12.2 Å². The average Bonchev–Trinajstić information content (AvgIpc) is 3.03. The standard InChI is InChI=1S/C25H31N3O2S/c1-6-18-12-21(24(30)13-23(18)29)16(4)26-27-25(31)19(7-2)10-17-8-9-22-20(11-17)15(3)14-28(22)5/h8-9,11-14,19,29-30H,6-7,10H2,1-5H3,(H,27,31). The second-order valence-electron chi connectivity index (χ2n) is 8.11. The molecule has 0 saturated carbocycles. The van der Waals surface area contributed by atoms with Crippen LogP contribution in [0.2, 0.25) is 0 Å². The number of phenolic OH excluding ortho intramolecular Hbond substituents is 2. The number of phenols is 2. The summed E-state index contributed by atoms with van der Waals surface area (Å²) in [5.41, 5.74) is 8.75. The molecule has 164 valence electrons. The van der Waals surface area contributed by atoms with Crippen molar-refractivity contribution in [3.05, 3.63) is 58.8 Å². The maximum Gasteiger partial charge on any atom is 0.128 e. The number of hydrogen-bond donors (Lipinski definition) is 3. The van der Waals surface area contributed by atoms with Crippen molar-refractivity contribution in [3.8, 4) is 11.5 Å². The molecule has 1 unspecified atom stereocenters. The van der Waals surface area contributed by atoms with Crippen molar-refractivity contribution in [2.75, 3.05) is 0 Å². The Balaban J connectivity index is 1.75. The molecule has 1 aromatic heterocycles. The van der Waals surface area contributed by atoms with Crippen molar-refractivity contribution < 1.29 is 10.2 Å². The lowest BCUT2D eigenvalue weighted by Crippen LogP contribution is -2.27. The van der Waals surface area contributed by atoms with Crippen molar-refractivity contribution in [1.82, 2.24) is 9.99 Å². The van der Waals surface area contributed by atoms with Crippen LogP contribution in [0.5, 0.6) is 11.5 Å². The summed E-state index contributed by atoms with van der Waals surface area (Å²) >= 11 is 5.65. The first-order valence-electron chi connectivity index (χ1n) is 10.7. The normalized spacial score (nSPS) is 12.9. The second kappa shape index (κ2) is 9.52. The first-order valence-corrected chi connectivity index (χ1v) is 11.1. The van der Waals surface area contributed by atoms with E-state index >= 15 is 0 Å². The summed E-state index contributed by atoms with van der Waals surface area (Å²) in [5, 5.41) is 25.8. The third-order valence-corrected chi connectivity index (χ3v) is 6.32. The van der Waals surface area contributed by atoms with Gasteiger partial charge in [0.05, 0.1) is 10.7 Å². The molecule has 0 amide bonds. The maximum absolute atomic E-state index is 10.2. The van der Waals surface area contributed by atoms with Gasteiger partial charge in [-0.05, 0) is 68.0 Å². The molecule has 0 aliphatic carbocycles. The van der Waals surface area contributed by atoms with Crippen LogP contribution in [-0.2, 0) is 19.9 Å². The fraction of sp³-hybridized carbons (Fsp3) is 0.360. The molecule has 3 aromatic rings. The van der Waals surface area contributed by atoms with Crippen LogP contribution in [0.4, 0.5) is 0 Å². The largest absolute Gasteiger partial charge is 0.508 e. The molecule has 31 heavy (non-hydrogen) atoms. The molecule has 5 nitrogen and oxygen atoms in total. The summed E-state index contributed by atoms with van der Waals surface area (Å²) < 4.78 is 2.15. The number of aryl methyl sites for hydroxylation is 3. The Morgan fingerprint density at radius 1 is 1.16 bits per heavy atom. The van der Waals surface area contributed by atoms with E-state index in [1.54, 1.807) is 6.07 Å². The van der Waals surface area contributed by atoms with Crippen LogP contribution in [0.1, 0.15) is 49.4 Å². The second-order valence-corrected chi connectivity index (χ2v) is 8.55. The van der Waals surface area contributed by atoms with E-state index < -0.39 is 0 Å². The predicted octanol–water partition coefficient (Wildman–Crippen LogP) is 5.37. The molecule has 0 aliphatic rings. The van der Waals surface area contributed by atoms with Crippen molar-refractivity contribution in [3.63, 3.8) is 0 Å². The van der Waals surface area contributed by atoms with Crippen LogP contribution in [0.15, 0.2) is 41.6 Å². The number of nitrogens with zero attached hydrogens (tertiary/aromatic N) is 2. The molecular weight excluding hydrogens is 406 g/mol. The number of aromatic nitrogens is 1. The topological polar surface area (TPSA) is 69.8 Å². The molecule has 1 atom stereocenters. The Labute approximate surface area is 189 Å². The molecule has 0 bridgehead atoms. The van der Waals surface area contributed by atoms with Gasteiger partial charge in [0.25, 0.3) is 0 Å². The lowest BCUT2D eigenvalue weighted by atomic mass is 9.95. The van der Waals surface area contributed by atoms with Crippen LogP contribution in [-0.4, -0.2) is 25.5 Å². The van der Waals surface area contributed by atoms with E-state index in [-0.39, 0.29) is 17.4 Å². The van der Waals surface area contributed by atoms with E-state index in [1.807, 2.05) is 13.8 Å².